The number of hydrogen-bond acceptors (Lipinski definition) is 2. The highest BCUT2D eigenvalue weighted by molar-refractivity contribution is 6.17. The fourth-order valence-corrected chi connectivity index (χ4v) is 2.22. The van der Waals surface area contributed by atoms with Gasteiger partial charge in [-0.1, -0.05) is 32.9 Å². The molecule has 1 rings (SSSR count). The van der Waals surface area contributed by atoms with Gasteiger partial charge in [0.25, 0.3) is 0 Å². The maximum Gasteiger partial charge on any atom is 0.224 e. The van der Waals surface area contributed by atoms with Crippen molar-refractivity contribution in [1.82, 2.24) is 5.32 Å². The minimum atomic E-state index is 0.00442. The van der Waals surface area contributed by atoms with Crippen molar-refractivity contribution in [3.63, 3.8) is 0 Å². The van der Waals surface area contributed by atoms with E-state index in [1.54, 1.807) is 7.11 Å². The number of rotatable bonds is 6. The average Bonchev–Trinajstić information content (AvgIpc) is 2.38. The number of hydrogen-bond donors (Lipinski definition) is 1. The van der Waals surface area contributed by atoms with Gasteiger partial charge in [0, 0.05) is 11.9 Å². The van der Waals surface area contributed by atoms with Crippen LogP contribution in [0.2, 0.25) is 0 Å². The molecule has 1 aromatic rings. The molecule has 112 valence electrons. The molecule has 0 aliphatic heterocycles. The van der Waals surface area contributed by atoms with Gasteiger partial charge < -0.3 is 10.1 Å². The number of benzene rings is 1. The number of nitrogens with one attached hydrogen (secondary N) is 1. The van der Waals surface area contributed by atoms with E-state index < -0.39 is 0 Å². The Hall–Kier alpha value is -1.22. The van der Waals surface area contributed by atoms with Crippen LogP contribution >= 0.6 is 11.6 Å². The molecule has 4 heteroatoms. The topological polar surface area (TPSA) is 38.3 Å². The highest BCUT2D eigenvalue weighted by Crippen LogP contribution is 2.22. The van der Waals surface area contributed by atoms with Crippen LogP contribution in [-0.4, -0.2) is 24.9 Å². The van der Waals surface area contributed by atoms with Crippen molar-refractivity contribution in [2.24, 2.45) is 5.41 Å². The zero-order chi connectivity index (χ0) is 15.2. The summed E-state index contributed by atoms with van der Waals surface area (Å²) in [7, 11) is 1.63. The lowest BCUT2D eigenvalue weighted by molar-refractivity contribution is -0.121. The largest absolute Gasteiger partial charge is 0.497 e. The molecule has 0 bridgehead atoms. The SMILES string of the molecule is COc1ccc(CC(=O)NC(CCCl)C(C)(C)C)cc1. The Morgan fingerprint density at radius 2 is 1.90 bits per heavy atom. The number of halogens is 1. The summed E-state index contributed by atoms with van der Waals surface area (Å²) in [6.45, 7) is 6.33. The van der Waals surface area contributed by atoms with Gasteiger partial charge in [-0.25, -0.2) is 0 Å². The molecule has 0 spiro atoms. The Labute approximate surface area is 126 Å². The molecule has 0 radical (unpaired) electrons. The van der Waals surface area contributed by atoms with Crippen molar-refractivity contribution in [3.05, 3.63) is 29.8 Å². The first-order valence-corrected chi connectivity index (χ1v) is 7.38. The molecule has 1 N–H and O–H groups in total. The van der Waals surface area contributed by atoms with Gasteiger partial charge in [0.15, 0.2) is 0 Å². The maximum absolute atomic E-state index is 12.1. The van der Waals surface area contributed by atoms with Crippen molar-refractivity contribution in [3.8, 4) is 5.75 Å². The Balaban J connectivity index is 2.60. The summed E-state index contributed by atoms with van der Waals surface area (Å²) in [6.07, 6.45) is 1.15. The zero-order valence-corrected chi connectivity index (χ0v) is 13.5. The predicted molar refractivity (Wildman–Crippen MR) is 83.4 cm³/mol. The van der Waals surface area contributed by atoms with Gasteiger partial charge in [-0.05, 0) is 29.5 Å². The molecule has 0 fully saturated rings. The van der Waals surface area contributed by atoms with E-state index in [4.69, 9.17) is 16.3 Å². The standard InChI is InChI=1S/C16H24ClNO2/c1-16(2,3)14(9-10-17)18-15(19)11-12-5-7-13(20-4)8-6-12/h5-8,14H,9-11H2,1-4H3,(H,18,19). The second-order valence-corrected chi connectivity index (χ2v) is 6.37. The van der Waals surface area contributed by atoms with Crippen LogP contribution < -0.4 is 10.1 Å². The first kappa shape index (κ1) is 16.8. The molecule has 0 aromatic heterocycles. The lowest BCUT2D eigenvalue weighted by Crippen LogP contribution is -2.44. The molecule has 0 saturated carbocycles. The van der Waals surface area contributed by atoms with Crippen molar-refractivity contribution < 1.29 is 9.53 Å². The van der Waals surface area contributed by atoms with Crippen LogP contribution in [0.5, 0.6) is 5.75 Å². The quantitative estimate of drug-likeness (QED) is 0.817. The number of amides is 1. The van der Waals surface area contributed by atoms with Gasteiger partial charge >= 0.3 is 0 Å². The van der Waals surface area contributed by atoms with Crippen molar-refractivity contribution in [1.29, 1.82) is 0 Å². The molecule has 20 heavy (non-hydrogen) atoms. The fraction of sp³-hybridized carbons (Fsp3) is 0.562. The number of methoxy groups -OCH3 is 1. The third-order valence-electron chi connectivity index (χ3n) is 3.30. The van der Waals surface area contributed by atoms with E-state index in [1.807, 2.05) is 24.3 Å². The van der Waals surface area contributed by atoms with Crippen LogP contribution in [0.1, 0.15) is 32.8 Å². The van der Waals surface area contributed by atoms with Crippen molar-refractivity contribution >= 4 is 17.5 Å². The molecule has 1 aromatic carbocycles. The highest BCUT2D eigenvalue weighted by atomic mass is 35.5. The van der Waals surface area contributed by atoms with E-state index >= 15 is 0 Å². The molecular formula is C16H24ClNO2. The first-order valence-electron chi connectivity index (χ1n) is 6.85. The molecular weight excluding hydrogens is 274 g/mol. The number of carbonyl (C=O) groups is 1. The molecule has 3 nitrogen and oxygen atoms in total. The maximum atomic E-state index is 12.1. The second-order valence-electron chi connectivity index (χ2n) is 5.99. The molecule has 1 unspecified atom stereocenters. The van der Waals surface area contributed by atoms with Crippen LogP contribution in [0.25, 0.3) is 0 Å². The zero-order valence-electron chi connectivity index (χ0n) is 12.7. The monoisotopic (exact) mass is 297 g/mol. The van der Waals surface area contributed by atoms with Crippen LogP contribution in [-0.2, 0) is 11.2 Å². The molecule has 0 aliphatic carbocycles. The third kappa shape index (κ3) is 5.41. The van der Waals surface area contributed by atoms with E-state index in [1.165, 1.54) is 0 Å². The van der Waals surface area contributed by atoms with Crippen molar-refractivity contribution in [2.45, 2.75) is 39.7 Å². The van der Waals surface area contributed by atoms with E-state index in [0.29, 0.717) is 12.3 Å². The molecule has 0 saturated heterocycles. The summed E-state index contributed by atoms with van der Waals surface area (Å²) < 4.78 is 5.10. The Morgan fingerprint density at radius 1 is 1.30 bits per heavy atom. The summed E-state index contributed by atoms with van der Waals surface area (Å²) in [5, 5.41) is 3.08. The number of carbonyl (C=O) groups excluding carboxylic acids is 1. The first-order chi connectivity index (χ1) is 9.36. The van der Waals surface area contributed by atoms with Crippen LogP contribution in [0.15, 0.2) is 24.3 Å². The van der Waals surface area contributed by atoms with Crippen LogP contribution in [0.3, 0.4) is 0 Å². The van der Waals surface area contributed by atoms with Gasteiger partial charge in [0.1, 0.15) is 5.75 Å². The Kier molecular flexibility index (Phi) is 6.34. The smallest absolute Gasteiger partial charge is 0.224 e. The summed E-state index contributed by atoms with van der Waals surface area (Å²) in [5.74, 6) is 1.37. The lowest BCUT2D eigenvalue weighted by atomic mass is 9.85. The molecule has 1 atom stereocenters. The molecule has 0 heterocycles. The van der Waals surface area contributed by atoms with E-state index in [2.05, 4.69) is 26.1 Å². The van der Waals surface area contributed by atoms with Crippen LogP contribution in [0, 0.1) is 5.41 Å². The van der Waals surface area contributed by atoms with E-state index in [-0.39, 0.29) is 17.4 Å². The van der Waals surface area contributed by atoms with E-state index in [0.717, 1.165) is 17.7 Å². The summed E-state index contributed by atoms with van der Waals surface area (Å²) in [5.41, 5.74) is 0.978. The summed E-state index contributed by atoms with van der Waals surface area (Å²) >= 11 is 5.81. The Morgan fingerprint density at radius 3 is 2.35 bits per heavy atom. The van der Waals surface area contributed by atoms with Gasteiger partial charge in [0.2, 0.25) is 5.91 Å². The predicted octanol–water partition coefficient (Wildman–Crippen LogP) is 3.40. The normalized spacial score (nSPS) is 12.8. The summed E-state index contributed by atoms with van der Waals surface area (Å²) in [6, 6.07) is 7.63. The van der Waals surface area contributed by atoms with Gasteiger partial charge in [-0.15, -0.1) is 11.6 Å². The minimum Gasteiger partial charge on any atom is -0.497 e. The fourth-order valence-electron chi connectivity index (χ4n) is 2.00. The molecule has 0 aliphatic rings. The number of ether oxygens (including phenoxy) is 1. The number of alkyl halides is 1. The van der Waals surface area contributed by atoms with Crippen molar-refractivity contribution in [2.75, 3.05) is 13.0 Å². The second kappa shape index (κ2) is 7.53. The highest BCUT2D eigenvalue weighted by Gasteiger charge is 2.25. The van der Waals surface area contributed by atoms with Crippen LogP contribution in [0.4, 0.5) is 0 Å². The minimum absolute atomic E-state index is 0.00442. The van der Waals surface area contributed by atoms with Gasteiger partial charge in [-0.3, -0.25) is 4.79 Å². The van der Waals surface area contributed by atoms with Gasteiger partial charge in [0.05, 0.1) is 13.5 Å². The average molecular weight is 298 g/mol. The summed E-state index contributed by atoms with van der Waals surface area (Å²) in [4.78, 5) is 12.1. The Bertz CT molecular complexity index is 423. The lowest BCUT2D eigenvalue weighted by Gasteiger charge is -2.31. The molecule has 1 amide bonds. The van der Waals surface area contributed by atoms with E-state index in [9.17, 15) is 4.79 Å². The third-order valence-corrected chi connectivity index (χ3v) is 3.52. The van der Waals surface area contributed by atoms with Gasteiger partial charge in [-0.2, -0.15) is 0 Å².